The second-order valence-electron chi connectivity index (χ2n) is 5.76. The SMILES string of the molecule is Cl.NCCc1nc(C(=O)N2CCN(C(=O)c3ccc(Cl)cc3)CC2)cs1. The van der Waals surface area contributed by atoms with E-state index in [0.29, 0.717) is 55.4 Å². The molecule has 2 amide bonds. The van der Waals surface area contributed by atoms with Crippen molar-refractivity contribution in [3.63, 3.8) is 0 Å². The van der Waals surface area contributed by atoms with Gasteiger partial charge in [0.25, 0.3) is 11.8 Å². The van der Waals surface area contributed by atoms with Crippen LogP contribution < -0.4 is 5.73 Å². The molecule has 0 spiro atoms. The maximum atomic E-state index is 12.5. The summed E-state index contributed by atoms with van der Waals surface area (Å²) in [6.07, 6.45) is 0.682. The summed E-state index contributed by atoms with van der Waals surface area (Å²) in [4.78, 5) is 32.9. The number of amides is 2. The van der Waals surface area contributed by atoms with Crippen molar-refractivity contribution >= 4 is 47.2 Å². The van der Waals surface area contributed by atoms with E-state index in [9.17, 15) is 9.59 Å². The predicted molar refractivity (Wildman–Crippen MR) is 105 cm³/mol. The van der Waals surface area contributed by atoms with Crippen molar-refractivity contribution < 1.29 is 9.59 Å². The van der Waals surface area contributed by atoms with Crippen molar-refractivity contribution in [2.24, 2.45) is 5.73 Å². The molecule has 2 N–H and O–H groups in total. The van der Waals surface area contributed by atoms with E-state index in [1.54, 1.807) is 39.4 Å². The minimum atomic E-state index is -0.0851. The van der Waals surface area contributed by atoms with E-state index in [-0.39, 0.29) is 24.2 Å². The lowest BCUT2D eigenvalue weighted by Crippen LogP contribution is -2.50. The lowest BCUT2D eigenvalue weighted by molar-refractivity contribution is 0.0532. The molecule has 1 saturated heterocycles. The maximum absolute atomic E-state index is 12.5. The van der Waals surface area contributed by atoms with Crippen LogP contribution in [0.25, 0.3) is 0 Å². The van der Waals surface area contributed by atoms with Crippen LogP contribution in [0.2, 0.25) is 5.02 Å². The van der Waals surface area contributed by atoms with E-state index in [1.165, 1.54) is 11.3 Å². The fourth-order valence-corrected chi connectivity index (χ4v) is 3.61. The van der Waals surface area contributed by atoms with Gasteiger partial charge in [0.05, 0.1) is 5.01 Å². The minimum absolute atomic E-state index is 0. The van der Waals surface area contributed by atoms with E-state index in [2.05, 4.69) is 4.98 Å². The van der Waals surface area contributed by atoms with Gasteiger partial charge in [-0.2, -0.15) is 0 Å². The molecule has 0 radical (unpaired) electrons. The molecule has 26 heavy (non-hydrogen) atoms. The first-order valence-electron chi connectivity index (χ1n) is 8.07. The predicted octanol–water partition coefficient (Wildman–Crippen LogP) is 2.32. The summed E-state index contributed by atoms with van der Waals surface area (Å²) in [5.74, 6) is -0.124. The second kappa shape index (κ2) is 9.32. The van der Waals surface area contributed by atoms with Gasteiger partial charge in [-0.15, -0.1) is 23.7 Å². The Morgan fingerprint density at radius 1 is 1.08 bits per heavy atom. The number of carbonyl (C=O) groups excluding carboxylic acids is 2. The average Bonchev–Trinajstić information content (AvgIpc) is 3.10. The summed E-state index contributed by atoms with van der Waals surface area (Å²) in [7, 11) is 0. The zero-order valence-electron chi connectivity index (χ0n) is 14.1. The number of rotatable bonds is 4. The first kappa shape index (κ1) is 20.6. The molecular weight excluding hydrogens is 395 g/mol. The molecule has 0 aliphatic carbocycles. The third-order valence-corrected chi connectivity index (χ3v) is 5.23. The molecule has 6 nitrogen and oxygen atoms in total. The number of aromatic nitrogens is 1. The summed E-state index contributed by atoms with van der Waals surface area (Å²) < 4.78 is 0. The minimum Gasteiger partial charge on any atom is -0.335 e. The molecule has 0 atom stereocenters. The van der Waals surface area contributed by atoms with E-state index in [0.717, 1.165) is 5.01 Å². The van der Waals surface area contributed by atoms with Crippen LogP contribution >= 0.6 is 35.3 Å². The molecule has 9 heteroatoms. The largest absolute Gasteiger partial charge is 0.335 e. The molecule has 3 rings (SSSR count). The Labute approximate surface area is 167 Å². The molecule has 0 bridgehead atoms. The number of benzene rings is 1. The number of halogens is 2. The summed E-state index contributed by atoms with van der Waals surface area (Å²) in [5, 5.41) is 3.25. The highest BCUT2D eigenvalue weighted by atomic mass is 35.5. The Kier molecular flexibility index (Phi) is 7.40. The maximum Gasteiger partial charge on any atom is 0.273 e. The topological polar surface area (TPSA) is 79.5 Å². The van der Waals surface area contributed by atoms with E-state index >= 15 is 0 Å². The fraction of sp³-hybridized carbons (Fsp3) is 0.353. The van der Waals surface area contributed by atoms with Crippen LogP contribution in [0.15, 0.2) is 29.6 Å². The zero-order chi connectivity index (χ0) is 17.8. The Balaban J connectivity index is 0.00000243. The lowest BCUT2D eigenvalue weighted by Gasteiger charge is -2.34. The molecule has 2 aromatic rings. The van der Waals surface area contributed by atoms with Gasteiger partial charge < -0.3 is 15.5 Å². The van der Waals surface area contributed by atoms with Crippen molar-refractivity contribution in [3.05, 3.63) is 50.9 Å². The Morgan fingerprint density at radius 3 is 2.23 bits per heavy atom. The van der Waals surface area contributed by atoms with Gasteiger partial charge in [-0.1, -0.05) is 11.6 Å². The highest BCUT2D eigenvalue weighted by Gasteiger charge is 2.26. The van der Waals surface area contributed by atoms with E-state index < -0.39 is 0 Å². The Bertz CT molecular complexity index is 758. The molecule has 1 aliphatic heterocycles. The van der Waals surface area contributed by atoms with Crippen LogP contribution in [0.4, 0.5) is 0 Å². The molecule has 1 aliphatic rings. The van der Waals surface area contributed by atoms with Crippen LogP contribution in [0.5, 0.6) is 0 Å². The fourth-order valence-electron chi connectivity index (χ4n) is 2.70. The van der Waals surface area contributed by atoms with Crippen molar-refractivity contribution in [2.45, 2.75) is 6.42 Å². The lowest BCUT2D eigenvalue weighted by atomic mass is 10.2. The van der Waals surface area contributed by atoms with E-state index in [4.69, 9.17) is 17.3 Å². The standard InChI is InChI=1S/C17H19ClN4O2S.ClH/c18-13-3-1-12(2-4-13)16(23)21-7-9-22(10-8-21)17(24)14-11-25-15(20-14)5-6-19;/h1-4,11H,5-10,19H2;1H. The zero-order valence-corrected chi connectivity index (χ0v) is 16.4. The number of carbonyl (C=O) groups is 2. The summed E-state index contributed by atoms with van der Waals surface area (Å²) >= 11 is 7.31. The number of hydrogen-bond donors (Lipinski definition) is 1. The van der Waals surface area contributed by atoms with Crippen LogP contribution in [0.1, 0.15) is 25.9 Å². The molecule has 140 valence electrons. The van der Waals surface area contributed by atoms with Gasteiger partial charge >= 0.3 is 0 Å². The van der Waals surface area contributed by atoms with Crippen molar-refractivity contribution in [1.82, 2.24) is 14.8 Å². The Hall–Kier alpha value is -1.67. The Morgan fingerprint density at radius 2 is 1.65 bits per heavy atom. The smallest absolute Gasteiger partial charge is 0.273 e. The first-order chi connectivity index (χ1) is 12.1. The highest BCUT2D eigenvalue weighted by Crippen LogP contribution is 2.16. The molecule has 1 aromatic carbocycles. The van der Waals surface area contributed by atoms with Crippen LogP contribution in [0.3, 0.4) is 0 Å². The molecular formula is C17H20Cl2N4O2S. The first-order valence-corrected chi connectivity index (χ1v) is 9.33. The number of thiazole rings is 1. The highest BCUT2D eigenvalue weighted by molar-refractivity contribution is 7.09. The van der Waals surface area contributed by atoms with Crippen LogP contribution in [-0.4, -0.2) is 59.3 Å². The quantitative estimate of drug-likeness (QED) is 0.831. The van der Waals surface area contributed by atoms with Gasteiger partial charge in [-0.25, -0.2) is 4.98 Å². The number of nitrogens with zero attached hydrogens (tertiary/aromatic N) is 3. The van der Waals surface area contributed by atoms with Gasteiger partial charge in [0, 0.05) is 48.6 Å². The van der Waals surface area contributed by atoms with Gasteiger partial charge in [0.15, 0.2) is 0 Å². The monoisotopic (exact) mass is 414 g/mol. The normalized spacial score (nSPS) is 14.1. The summed E-state index contributed by atoms with van der Waals surface area (Å²) in [6.45, 7) is 2.54. The van der Waals surface area contributed by atoms with E-state index in [1.807, 2.05) is 0 Å². The average molecular weight is 415 g/mol. The number of hydrogen-bond acceptors (Lipinski definition) is 5. The van der Waals surface area contributed by atoms with Gasteiger partial charge in [0.1, 0.15) is 5.69 Å². The molecule has 1 aromatic heterocycles. The van der Waals surface area contributed by atoms with Gasteiger partial charge in [-0.3, -0.25) is 9.59 Å². The third-order valence-electron chi connectivity index (χ3n) is 4.07. The van der Waals surface area contributed by atoms with Crippen LogP contribution in [0, 0.1) is 0 Å². The van der Waals surface area contributed by atoms with Crippen molar-refractivity contribution in [2.75, 3.05) is 32.7 Å². The molecule has 0 saturated carbocycles. The third kappa shape index (κ3) is 4.73. The van der Waals surface area contributed by atoms with Crippen molar-refractivity contribution in [3.8, 4) is 0 Å². The number of piperazine rings is 1. The van der Waals surface area contributed by atoms with Crippen molar-refractivity contribution in [1.29, 1.82) is 0 Å². The second-order valence-corrected chi connectivity index (χ2v) is 7.14. The van der Waals surface area contributed by atoms with Gasteiger partial charge in [0.2, 0.25) is 0 Å². The molecule has 1 fully saturated rings. The number of nitrogens with two attached hydrogens (primary N) is 1. The van der Waals surface area contributed by atoms with Crippen LogP contribution in [-0.2, 0) is 6.42 Å². The summed E-state index contributed by atoms with van der Waals surface area (Å²) in [6, 6.07) is 6.85. The molecule has 2 heterocycles. The van der Waals surface area contributed by atoms with Gasteiger partial charge in [-0.05, 0) is 30.8 Å². The molecule has 0 unspecified atom stereocenters. The summed E-state index contributed by atoms with van der Waals surface area (Å²) in [5.41, 5.74) is 6.59.